The van der Waals surface area contributed by atoms with Crippen LogP contribution in [0.1, 0.15) is 25.3 Å². The molecule has 0 amide bonds. The smallest absolute Gasteiger partial charge is 0.0784 e. The van der Waals surface area contributed by atoms with Crippen molar-refractivity contribution in [2.75, 3.05) is 31.7 Å². The lowest BCUT2D eigenvalue weighted by Gasteiger charge is -2.45. The summed E-state index contributed by atoms with van der Waals surface area (Å²) in [5, 5.41) is 0. The lowest BCUT2D eigenvalue weighted by Crippen LogP contribution is -2.59. The van der Waals surface area contributed by atoms with Crippen molar-refractivity contribution in [2.45, 2.75) is 32.2 Å². The van der Waals surface area contributed by atoms with Crippen molar-refractivity contribution in [3.8, 4) is 0 Å². The van der Waals surface area contributed by atoms with Gasteiger partial charge >= 0.3 is 0 Å². The van der Waals surface area contributed by atoms with Crippen molar-refractivity contribution in [1.29, 1.82) is 0 Å². The number of methoxy groups -OCH3 is 1. The molecule has 0 aromatic heterocycles. The number of nitrogens with two attached hydrogens (primary N) is 1. The van der Waals surface area contributed by atoms with Gasteiger partial charge in [0.2, 0.25) is 0 Å². The minimum absolute atomic E-state index is 0.0460. The number of aryl methyl sites for hydroxylation is 1. The molecule has 1 aliphatic rings. The Morgan fingerprint density at radius 3 is 2.53 bits per heavy atom. The summed E-state index contributed by atoms with van der Waals surface area (Å²) in [5.41, 5.74) is 8.73. The molecule has 0 saturated heterocycles. The van der Waals surface area contributed by atoms with Crippen molar-refractivity contribution in [3.63, 3.8) is 0 Å². The predicted molar refractivity (Wildman–Crippen MR) is 80.6 cm³/mol. The zero-order valence-corrected chi connectivity index (χ0v) is 12.4. The van der Waals surface area contributed by atoms with Crippen LogP contribution in [0.3, 0.4) is 0 Å². The first-order chi connectivity index (χ1) is 9.19. The summed E-state index contributed by atoms with van der Waals surface area (Å²) in [5.74, 6) is 0.664. The molecule has 1 unspecified atom stereocenters. The van der Waals surface area contributed by atoms with Gasteiger partial charge in [-0.2, -0.15) is 0 Å². The maximum atomic E-state index is 6.18. The molecule has 19 heavy (non-hydrogen) atoms. The summed E-state index contributed by atoms with van der Waals surface area (Å²) >= 11 is 0. The van der Waals surface area contributed by atoms with Crippen molar-refractivity contribution in [1.82, 2.24) is 0 Å². The van der Waals surface area contributed by atoms with Gasteiger partial charge < -0.3 is 15.4 Å². The Bertz CT molecular complexity index is 417. The first-order valence-corrected chi connectivity index (χ1v) is 7.22. The Labute approximate surface area is 116 Å². The van der Waals surface area contributed by atoms with Gasteiger partial charge in [-0.3, -0.25) is 0 Å². The van der Waals surface area contributed by atoms with E-state index >= 15 is 0 Å². The summed E-state index contributed by atoms with van der Waals surface area (Å²) in [7, 11) is 1.78. The summed E-state index contributed by atoms with van der Waals surface area (Å²) in [6.07, 6.45) is 2.53. The summed E-state index contributed by atoms with van der Waals surface area (Å²) in [6, 6.07) is 8.55. The van der Waals surface area contributed by atoms with Crippen molar-refractivity contribution in [3.05, 3.63) is 29.8 Å². The van der Waals surface area contributed by atoms with Crippen molar-refractivity contribution >= 4 is 5.69 Å². The molecule has 2 N–H and O–H groups in total. The molecule has 1 aromatic rings. The van der Waals surface area contributed by atoms with Crippen molar-refractivity contribution in [2.24, 2.45) is 11.7 Å². The molecule has 0 heterocycles. The monoisotopic (exact) mass is 262 g/mol. The topological polar surface area (TPSA) is 38.5 Å². The fourth-order valence-corrected chi connectivity index (χ4v) is 3.21. The van der Waals surface area contributed by atoms with E-state index in [-0.39, 0.29) is 5.54 Å². The van der Waals surface area contributed by atoms with E-state index in [0.29, 0.717) is 19.1 Å². The number of likely N-dealkylation sites (N-methyl/N-ethyl adjacent to an activating group) is 1. The van der Waals surface area contributed by atoms with Crippen LogP contribution in [0.5, 0.6) is 0 Å². The van der Waals surface area contributed by atoms with Crippen LogP contribution >= 0.6 is 0 Å². The van der Waals surface area contributed by atoms with E-state index in [9.17, 15) is 0 Å². The molecule has 3 nitrogen and oxygen atoms in total. The molecule has 0 radical (unpaired) electrons. The fraction of sp³-hybridized carbons (Fsp3) is 0.625. The van der Waals surface area contributed by atoms with E-state index in [1.54, 1.807) is 7.11 Å². The molecule has 1 saturated carbocycles. The van der Waals surface area contributed by atoms with Gasteiger partial charge in [-0.05, 0) is 44.2 Å². The van der Waals surface area contributed by atoms with Gasteiger partial charge in [0, 0.05) is 25.9 Å². The average molecular weight is 262 g/mol. The number of benzene rings is 1. The molecular formula is C16H26N2O. The van der Waals surface area contributed by atoms with E-state index < -0.39 is 0 Å². The largest absolute Gasteiger partial charge is 0.382 e. The van der Waals surface area contributed by atoms with E-state index in [4.69, 9.17) is 10.5 Å². The van der Waals surface area contributed by atoms with E-state index in [0.717, 1.165) is 6.54 Å². The lowest BCUT2D eigenvalue weighted by molar-refractivity contribution is 0.117. The third-order valence-corrected chi connectivity index (χ3v) is 4.35. The number of ether oxygens (including phenoxy) is 1. The lowest BCUT2D eigenvalue weighted by atomic mass is 9.90. The van der Waals surface area contributed by atoms with Crippen molar-refractivity contribution < 1.29 is 4.74 Å². The van der Waals surface area contributed by atoms with Crippen LogP contribution in [-0.2, 0) is 4.74 Å². The van der Waals surface area contributed by atoms with E-state index in [1.165, 1.54) is 24.1 Å². The first kappa shape index (κ1) is 14.4. The molecule has 0 spiro atoms. The third kappa shape index (κ3) is 2.63. The van der Waals surface area contributed by atoms with Crippen LogP contribution in [0.15, 0.2) is 24.3 Å². The summed E-state index contributed by atoms with van der Waals surface area (Å²) < 4.78 is 5.52. The zero-order chi connectivity index (χ0) is 13.9. The van der Waals surface area contributed by atoms with Crippen LogP contribution in [0, 0.1) is 12.8 Å². The van der Waals surface area contributed by atoms with Crippen LogP contribution in [0.2, 0.25) is 0 Å². The zero-order valence-electron chi connectivity index (χ0n) is 12.4. The maximum Gasteiger partial charge on any atom is 0.0784 e. The Balaban J connectivity index is 2.39. The average Bonchev–Trinajstić information content (AvgIpc) is 3.25. The maximum absolute atomic E-state index is 6.18. The Morgan fingerprint density at radius 1 is 1.37 bits per heavy atom. The molecule has 3 heteroatoms. The summed E-state index contributed by atoms with van der Waals surface area (Å²) in [4.78, 5) is 2.46. The minimum atomic E-state index is -0.0460. The van der Waals surface area contributed by atoms with Gasteiger partial charge in [0.05, 0.1) is 12.1 Å². The summed E-state index contributed by atoms with van der Waals surface area (Å²) in [6.45, 7) is 6.68. The van der Waals surface area contributed by atoms with Crippen LogP contribution in [0.4, 0.5) is 5.69 Å². The van der Waals surface area contributed by atoms with Gasteiger partial charge in [0.1, 0.15) is 0 Å². The van der Waals surface area contributed by atoms with Crippen LogP contribution in [0.25, 0.3) is 0 Å². The normalized spacial score (nSPS) is 18.1. The van der Waals surface area contributed by atoms with Crippen LogP contribution in [-0.4, -0.2) is 32.3 Å². The number of nitrogens with zero attached hydrogens (tertiary/aromatic N) is 1. The van der Waals surface area contributed by atoms with Gasteiger partial charge in [-0.1, -0.05) is 18.2 Å². The molecule has 0 aliphatic heterocycles. The standard InChI is InChI=1S/C16H26N2O/c1-4-18(15-8-6-5-7-13(15)2)16(11-17,12-19-3)14-9-10-14/h5-8,14H,4,9-12,17H2,1-3H3. The number of hydrogen-bond donors (Lipinski definition) is 1. The van der Waals surface area contributed by atoms with E-state index in [1.807, 2.05) is 0 Å². The molecule has 1 aromatic carbocycles. The molecule has 1 fully saturated rings. The SMILES string of the molecule is CCN(c1ccccc1C)C(CN)(COC)C1CC1. The molecule has 0 bridgehead atoms. The number of anilines is 1. The van der Waals surface area contributed by atoms with Gasteiger partial charge in [-0.15, -0.1) is 0 Å². The Kier molecular flexibility index (Phi) is 4.48. The Hall–Kier alpha value is -1.06. The quantitative estimate of drug-likeness (QED) is 0.821. The highest BCUT2D eigenvalue weighted by molar-refractivity contribution is 5.56. The highest BCUT2D eigenvalue weighted by atomic mass is 16.5. The van der Waals surface area contributed by atoms with E-state index in [2.05, 4.69) is 43.0 Å². The highest BCUT2D eigenvalue weighted by Crippen LogP contribution is 2.45. The Morgan fingerprint density at radius 2 is 2.05 bits per heavy atom. The number of para-hydroxylation sites is 1. The predicted octanol–water partition coefficient (Wildman–Crippen LogP) is 2.58. The van der Waals surface area contributed by atoms with Gasteiger partial charge in [0.15, 0.2) is 0 Å². The highest BCUT2D eigenvalue weighted by Gasteiger charge is 2.48. The van der Waals surface area contributed by atoms with Gasteiger partial charge in [-0.25, -0.2) is 0 Å². The molecule has 106 valence electrons. The molecule has 1 aliphatic carbocycles. The second kappa shape index (κ2) is 5.93. The second-order valence-corrected chi connectivity index (χ2v) is 5.55. The fourth-order valence-electron chi connectivity index (χ4n) is 3.21. The third-order valence-electron chi connectivity index (χ3n) is 4.35. The second-order valence-electron chi connectivity index (χ2n) is 5.55. The first-order valence-electron chi connectivity index (χ1n) is 7.22. The van der Waals surface area contributed by atoms with Gasteiger partial charge in [0.25, 0.3) is 0 Å². The molecule has 1 atom stereocenters. The number of hydrogen-bond acceptors (Lipinski definition) is 3. The molecular weight excluding hydrogens is 236 g/mol. The van der Waals surface area contributed by atoms with Crippen LogP contribution < -0.4 is 10.6 Å². The number of rotatable bonds is 7. The molecule has 2 rings (SSSR count). The minimum Gasteiger partial charge on any atom is -0.382 e.